The van der Waals surface area contributed by atoms with E-state index in [9.17, 15) is 4.79 Å². The fourth-order valence-electron chi connectivity index (χ4n) is 1.43. The van der Waals surface area contributed by atoms with Gasteiger partial charge >= 0.3 is 6.16 Å². The molecule has 0 spiro atoms. The highest BCUT2D eigenvalue weighted by Gasteiger charge is 2.06. The number of rotatable bonds is 1. The van der Waals surface area contributed by atoms with E-state index in [0.29, 0.717) is 0 Å². The molecule has 0 aliphatic heterocycles. The number of fused-ring (bicyclic) bond motifs is 1. The van der Waals surface area contributed by atoms with E-state index in [-0.39, 0.29) is 5.88 Å². The smallest absolute Gasteiger partial charge is 0.449 e. The lowest BCUT2D eigenvalue weighted by Crippen LogP contribution is -2.02. The summed E-state index contributed by atoms with van der Waals surface area (Å²) < 4.78 is 4.52. The van der Waals surface area contributed by atoms with E-state index in [1.165, 1.54) is 0 Å². The van der Waals surface area contributed by atoms with Crippen molar-refractivity contribution in [2.45, 2.75) is 6.92 Å². The molecule has 0 unspecified atom stereocenters. The van der Waals surface area contributed by atoms with Gasteiger partial charge in [-0.3, -0.25) is 0 Å². The monoisotopic (exact) mass is 191 g/mol. The number of H-pyrrole nitrogens is 1. The molecule has 1 aromatic heterocycles. The minimum absolute atomic E-state index is 0.252. The van der Waals surface area contributed by atoms with Crippen LogP contribution in [0.2, 0.25) is 0 Å². The summed E-state index contributed by atoms with van der Waals surface area (Å²) in [6.07, 6.45) is -1.31. The number of carbonyl (C=O) groups is 1. The predicted molar refractivity (Wildman–Crippen MR) is 51.7 cm³/mol. The first kappa shape index (κ1) is 8.62. The number of hydrogen-bond acceptors (Lipinski definition) is 2. The maximum absolute atomic E-state index is 10.3. The second-order valence-corrected chi connectivity index (χ2v) is 3.04. The summed E-state index contributed by atoms with van der Waals surface area (Å²) in [6, 6.07) is 7.42. The van der Waals surface area contributed by atoms with E-state index >= 15 is 0 Å². The molecule has 72 valence electrons. The van der Waals surface area contributed by atoms with Crippen molar-refractivity contribution in [3.05, 3.63) is 29.8 Å². The second kappa shape index (κ2) is 3.06. The van der Waals surface area contributed by atoms with Crippen molar-refractivity contribution < 1.29 is 14.6 Å². The molecule has 0 fully saturated rings. The van der Waals surface area contributed by atoms with Crippen LogP contribution in [0.4, 0.5) is 4.79 Å². The molecule has 1 heterocycles. The van der Waals surface area contributed by atoms with Crippen LogP contribution in [-0.4, -0.2) is 16.2 Å². The summed E-state index contributed by atoms with van der Waals surface area (Å²) in [6.45, 7) is 1.95. The van der Waals surface area contributed by atoms with E-state index in [1.807, 2.05) is 25.1 Å². The largest absolute Gasteiger partial charge is 0.512 e. The maximum atomic E-state index is 10.3. The Labute approximate surface area is 80.1 Å². The van der Waals surface area contributed by atoms with E-state index < -0.39 is 6.16 Å². The quantitative estimate of drug-likeness (QED) is 0.681. The number of aromatic amines is 1. The highest BCUT2D eigenvalue weighted by atomic mass is 16.7. The molecule has 0 saturated carbocycles. The number of aryl methyl sites for hydroxylation is 1. The van der Waals surface area contributed by atoms with Gasteiger partial charge in [0, 0.05) is 11.5 Å². The number of ether oxygens (including phenoxy) is 1. The van der Waals surface area contributed by atoms with Crippen molar-refractivity contribution in [2.24, 2.45) is 0 Å². The van der Waals surface area contributed by atoms with Gasteiger partial charge in [-0.05, 0) is 12.5 Å². The number of hydrogen-bond donors (Lipinski definition) is 2. The first-order valence-electron chi connectivity index (χ1n) is 4.16. The van der Waals surface area contributed by atoms with Gasteiger partial charge in [-0.25, -0.2) is 4.79 Å². The molecule has 0 saturated heterocycles. The van der Waals surface area contributed by atoms with Gasteiger partial charge in [0.1, 0.15) is 0 Å². The van der Waals surface area contributed by atoms with E-state index in [1.54, 1.807) is 6.07 Å². The highest BCUT2D eigenvalue weighted by Crippen LogP contribution is 2.22. The van der Waals surface area contributed by atoms with Crippen molar-refractivity contribution in [1.82, 2.24) is 4.98 Å². The normalized spacial score (nSPS) is 10.4. The molecule has 0 aliphatic carbocycles. The van der Waals surface area contributed by atoms with Crippen LogP contribution in [0.15, 0.2) is 24.3 Å². The highest BCUT2D eigenvalue weighted by molar-refractivity contribution is 5.84. The zero-order valence-electron chi connectivity index (χ0n) is 7.57. The van der Waals surface area contributed by atoms with Gasteiger partial charge in [-0.1, -0.05) is 18.2 Å². The first-order chi connectivity index (χ1) is 6.66. The van der Waals surface area contributed by atoms with Crippen molar-refractivity contribution in [2.75, 3.05) is 0 Å². The Hall–Kier alpha value is -1.97. The van der Waals surface area contributed by atoms with Crippen molar-refractivity contribution >= 4 is 17.1 Å². The molecule has 0 amide bonds. The third kappa shape index (κ3) is 1.42. The van der Waals surface area contributed by atoms with E-state index in [2.05, 4.69) is 9.72 Å². The molecular formula is C10H9NO3. The predicted octanol–water partition coefficient (Wildman–Crippen LogP) is 2.53. The summed E-state index contributed by atoms with van der Waals surface area (Å²) in [5, 5.41) is 9.36. The Balaban J connectivity index is 2.51. The minimum Gasteiger partial charge on any atom is -0.449 e. The summed E-state index contributed by atoms with van der Waals surface area (Å²) in [5.41, 5.74) is 1.96. The lowest BCUT2D eigenvalue weighted by molar-refractivity contribution is 0.143. The lowest BCUT2D eigenvalue weighted by Gasteiger charge is -1.94. The Bertz CT molecular complexity index is 487. The minimum atomic E-state index is -1.31. The van der Waals surface area contributed by atoms with Crippen LogP contribution in [-0.2, 0) is 0 Å². The SMILES string of the molecule is Cc1cccc2cc(OC(=O)O)[nH]c12. The summed E-state index contributed by atoms with van der Waals surface area (Å²) in [5.74, 6) is 0.252. The third-order valence-electron chi connectivity index (χ3n) is 2.04. The molecule has 2 aromatic rings. The molecule has 1 aromatic carbocycles. The molecule has 0 atom stereocenters. The van der Waals surface area contributed by atoms with Gasteiger partial charge in [-0.15, -0.1) is 0 Å². The molecule has 4 heteroatoms. The van der Waals surface area contributed by atoms with Crippen LogP contribution in [0.1, 0.15) is 5.56 Å². The zero-order valence-corrected chi connectivity index (χ0v) is 7.57. The fourth-order valence-corrected chi connectivity index (χ4v) is 1.43. The van der Waals surface area contributed by atoms with Gasteiger partial charge in [-0.2, -0.15) is 0 Å². The van der Waals surface area contributed by atoms with Crippen molar-refractivity contribution in [1.29, 1.82) is 0 Å². The Morgan fingerprint density at radius 3 is 2.93 bits per heavy atom. The molecule has 0 radical (unpaired) electrons. The van der Waals surface area contributed by atoms with Crippen molar-refractivity contribution in [3.63, 3.8) is 0 Å². The Kier molecular flexibility index (Phi) is 1.89. The topological polar surface area (TPSA) is 62.3 Å². The molecule has 0 aliphatic rings. The van der Waals surface area contributed by atoms with Gasteiger partial charge in [0.25, 0.3) is 0 Å². The number of benzene rings is 1. The van der Waals surface area contributed by atoms with Gasteiger partial charge in [0.2, 0.25) is 5.88 Å². The van der Waals surface area contributed by atoms with E-state index in [0.717, 1.165) is 16.5 Å². The Morgan fingerprint density at radius 1 is 1.50 bits per heavy atom. The summed E-state index contributed by atoms with van der Waals surface area (Å²) in [4.78, 5) is 13.2. The van der Waals surface area contributed by atoms with Crippen LogP contribution < -0.4 is 4.74 Å². The average molecular weight is 191 g/mol. The lowest BCUT2D eigenvalue weighted by atomic mass is 10.2. The third-order valence-corrected chi connectivity index (χ3v) is 2.04. The standard InChI is InChI=1S/C10H9NO3/c1-6-3-2-4-7-5-8(11-9(6)7)14-10(12)13/h2-5,11H,1H3,(H,12,13). The molecular weight excluding hydrogens is 182 g/mol. The number of para-hydroxylation sites is 1. The first-order valence-corrected chi connectivity index (χ1v) is 4.16. The number of nitrogens with one attached hydrogen (secondary N) is 1. The van der Waals surface area contributed by atoms with Gasteiger partial charge in [0.15, 0.2) is 0 Å². The second-order valence-electron chi connectivity index (χ2n) is 3.04. The van der Waals surface area contributed by atoms with Gasteiger partial charge in [0.05, 0.1) is 5.52 Å². The molecule has 14 heavy (non-hydrogen) atoms. The molecule has 0 bridgehead atoms. The van der Waals surface area contributed by atoms with Gasteiger partial charge < -0.3 is 14.8 Å². The van der Waals surface area contributed by atoms with Crippen LogP contribution >= 0.6 is 0 Å². The maximum Gasteiger partial charge on any atom is 0.512 e. The summed E-state index contributed by atoms with van der Waals surface area (Å²) >= 11 is 0. The molecule has 2 N–H and O–H groups in total. The van der Waals surface area contributed by atoms with Crippen molar-refractivity contribution in [3.8, 4) is 5.88 Å². The number of carboxylic acid groups (broad SMARTS) is 1. The molecule has 4 nitrogen and oxygen atoms in total. The number of aromatic nitrogens is 1. The van der Waals surface area contributed by atoms with Crippen LogP contribution in [0.25, 0.3) is 10.9 Å². The van der Waals surface area contributed by atoms with E-state index in [4.69, 9.17) is 5.11 Å². The Morgan fingerprint density at radius 2 is 2.29 bits per heavy atom. The zero-order chi connectivity index (χ0) is 10.1. The summed E-state index contributed by atoms with van der Waals surface area (Å²) in [7, 11) is 0. The molecule has 2 rings (SSSR count). The van der Waals surface area contributed by atoms with Crippen LogP contribution in [0.3, 0.4) is 0 Å². The van der Waals surface area contributed by atoms with Crippen LogP contribution in [0.5, 0.6) is 5.88 Å². The average Bonchev–Trinajstić information content (AvgIpc) is 2.47. The fraction of sp³-hybridized carbons (Fsp3) is 0.100. The van der Waals surface area contributed by atoms with Crippen LogP contribution in [0, 0.1) is 6.92 Å².